The molecule has 0 radical (unpaired) electrons. The fraction of sp³-hybridized carbons (Fsp3) is 0.583. The number of rotatable bonds is 9. The molecule has 0 aliphatic carbocycles. The van der Waals surface area contributed by atoms with Gasteiger partial charge in [0.15, 0.2) is 0 Å². The van der Waals surface area contributed by atoms with Gasteiger partial charge < -0.3 is 21.3 Å². The third-order valence-corrected chi connectivity index (χ3v) is 1.82. The van der Waals surface area contributed by atoms with E-state index in [9.17, 15) is 4.79 Å². The molecule has 0 saturated heterocycles. The van der Waals surface area contributed by atoms with Crippen molar-refractivity contribution in [3.8, 4) is 0 Å². The Morgan fingerprint density at radius 1 is 1.24 bits per heavy atom. The van der Waals surface area contributed by atoms with Crippen LogP contribution in [0.1, 0.15) is 25.7 Å². The SMILES string of the molecule is C=C(CCCCN)C(=O)O.C=COCCCN. The van der Waals surface area contributed by atoms with Gasteiger partial charge in [0.05, 0.1) is 12.9 Å². The van der Waals surface area contributed by atoms with Crippen LogP contribution in [0.5, 0.6) is 0 Å². The first-order valence-electron chi connectivity index (χ1n) is 5.63. The van der Waals surface area contributed by atoms with Crippen molar-refractivity contribution >= 4 is 5.97 Å². The van der Waals surface area contributed by atoms with Crippen LogP contribution in [0.2, 0.25) is 0 Å². The Kier molecular flexibility index (Phi) is 15.6. The van der Waals surface area contributed by atoms with E-state index in [4.69, 9.17) is 21.3 Å². The van der Waals surface area contributed by atoms with Crippen LogP contribution in [-0.2, 0) is 9.53 Å². The van der Waals surface area contributed by atoms with E-state index >= 15 is 0 Å². The Morgan fingerprint density at radius 3 is 2.24 bits per heavy atom. The van der Waals surface area contributed by atoms with Crippen LogP contribution in [-0.4, -0.2) is 30.8 Å². The summed E-state index contributed by atoms with van der Waals surface area (Å²) in [6.45, 7) is 8.76. The van der Waals surface area contributed by atoms with Gasteiger partial charge in [-0.1, -0.05) is 13.2 Å². The minimum Gasteiger partial charge on any atom is -0.502 e. The minimum atomic E-state index is -0.906. The van der Waals surface area contributed by atoms with Gasteiger partial charge in [-0.3, -0.25) is 0 Å². The summed E-state index contributed by atoms with van der Waals surface area (Å²) in [5.74, 6) is -0.906. The molecule has 5 heteroatoms. The van der Waals surface area contributed by atoms with Crippen LogP contribution in [0.4, 0.5) is 0 Å². The summed E-state index contributed by atoms with van der Waals surface area (Å²) in [6, 6.07) is 0. The van der Waals surface area contributed by atoms with Crippen LogP contribution in [0, 0.1) is 0 Å². The molecule has 0 spiro atoms. The molecule has 5 nitrogen and oxygen atoms in total. The Labute approximate surface area is 103 Å². The fourth-order valence-corrected chi connectivity index (χ4v) is 0.840. The lowest BCUT2D eigenvalue weighted by molar-refractivity contribution is -0.132. The van der Waals surface area contributed by atoms with Gasteiger partial charge in [0, 0.05) is 5.57 Å². The molecule has 0 amide bonds. The second-order valence-electron chi connectivity index (χ2n) is 3.33. The number of ether oxygens (including phenoxy) is 1. The van der Waals surface area contributed by atoms with Crippen LogP contribution in [0.25, 0.3) is 0 Å². The lowest BCUT2D eigenvalue weighted by Crippen LogP contribution is -2.01. The van der Waals surface area contributed by atoms with Crippen molar-refractivity contribution in [1.29, 1.82) is 0 Å². The van der Waals surface area contributed by atoms with E-state index in [2.05, 4.69) is 13.2 Å². The summed E-state index contributed by atoms with van der Waals surface area (Å²) < 4.78 is 4.76. The molecule has 5 N–H and O–H groups in total. The molecule has 100 valence electrons. The maximum absolute atomic E-state index is 10.2. The minimum absolute atomic E-state index is 0.272. The smallest absolute Gasteiger partial charge is 0.330 e. The first-order chi connectivity index (χ1) is 8.09. The van der Waals surface area contributed by atoms with Crippen molar-refractivity contribution in [3.63, 3.8) is 0 Å². The monoisotopic (exact) mass is 244 g/mol. The normalized spacial score (nSPS) is 8.82. The van der Waals surface area contributed by atoms with Crippen molar-refractivity contribution in [2.45, 2.75) is 25.7 Å². The Balaban J connectivity index is 0. The molecule has 0 aromatic rings. The number of hydrogen-bond donors (Lipinski definition) is 3. The molecule has 0 saturated carbocycles. The molecule has 0 atom stereocenters. The molecule has 0 aromatic heterocycles. The second kappa shape index (κ2) is 14.7. The molecular formula is C12H24N2O3. The second-order valence-corrected chi connectivity index (χ2v) is 3.33. The number of aliphatic carboxylic acids is 1. The quantitative estimate of drug-likeness (QED) is 0.322. The van der Waals surface area contributed by atoms with Crippen molar-refractivity contribution in [1.82, 2.24) is 0 Å². The van der Waals surface area contributed by atoms with Crippen LogP contribution in [0.3, 0.4) is 0 Å². The summed E-state index contributed by atoms with van der Waals surface area (Å²) in [6.07, 6.45) is 4.57. The number of nitrogens with two attached hydrogens (primary N) is 2. The van der Waals surface area contributed by atoms with Gasteiger partial charge in [-0.2, -0.15) is 0 Å². The van der Waals surface area contributed by atoms with Crippen molar-refractivity contribution in [3.05, 3.63) is 25.0 Å². The highest BCUT2D eigenvalue weighted by atomic mass is 16.5. The first kappa shape index (κ1) is 18.0. The number of carboxylic acid groups (broad SMARTS) is 1. The van der Waals surface area contributed by atoms with Crippen LogP contribution >= 0.6 is 0 Å². The number of carboxylic acids is 1. The van der Waals surface area contributed by atoms with E-state index in [0.717, 1.165) is 19.3 Å². The molecule has 0 aliphatic rings. The van der Waals surface area contributed by atoms with E-state index < -0.39 is 5.97 Å². The third-order valence-electron chi connectivity index (χ3n) is 1.82. The van der Waals surface area contributed by atoms with Gasteiger partial charge in [-0.05, 0) is 38.8 Å². The van der Waals surface area contributed by atoms with E-state index in [1.807, 2.05) is 0 Å². The van der Waals surface area contributed by atoms with Gasteiger partial charge in [-0.15, -0.1) is 0 Å². The zero-order valence-electron chi connectivity index (χ0n) is 10.4. The van der Waals surface area contributed by atoms with E-state index in [1.165, 1.54) is 6.26 Å². The van der Waals surface area contributed by atoms with Gasteiger partial charge in [0.2, 0.25) is 0 Å². The van der Waals surface area contributed by atoms with Crippen molar-refractivity contribution in [2.75, 3.05) is 19.7 Å². The van der Waals surface area contributed by atoms with E-state index in [0.29, 0.717) is 26.1 Å². The van der Waals surface area contributed by atoms with Crippen LogP contribution < -0.4 is 11.5 Å². The average molecular weight is 244 g/mol. The molecule has 0 aromatic carbocycles. The van der Waals surface area contributed by atoms with Gasteiger partial charge >= 0.3 is 5.97 Å². The predicted octanol–water partition coefficient (Wildman–Crippen LogP) is 1.25. The zero-order valence-corrected chi connectivity index (χ0v) is 10.4. The molecule has 17 heavy (non-hydrogen) atoms. The summed E-state index contributed by atoms with van der Waals surface area (Å²) >= 11 is 0. The molecule has 0 rings (SSSR count). The van der Waals surface area contributed by atoms with E-state index in [-0.39, 0.29) is 5.57 Å². The standard InChI is InChI=1S/C7H13NO2.C5H11NO/c1-6(7(9)10)4-2-3-5-8;1-2-7-5-3-4-6/h1-5,8H2,(H,9,10);2H,1,3-6H2. The van der Waals surface area contributed by atoms with Crippen LogP contribution in [0.15, 0.2) is 25.0 Å². The Morgan fingerprint density at radius 2 is 1.82 bits per heavy atom. The maximum Gasteiger partial charge on any atom is 0.330 e. The number of unbranched alkanes of at least 4 members (excludes halogenated alkanes) is 1. The molecule has 0 aliphatic heterocycles. The molecule has 0 heterocycles. The first-order valence-corrected chi connectivity index (χ1v) is 5.63. The predicted molar refractivity (Wildman–Crippen MR) is 69.5 cm³/mol. The van der Waals surface area contributed by atoms with Gasteiger partial charge in [0.25, 0.3) is 0 Å². The highest BCUT2D eigenvalue weighted by molar-refractivity contribution is 5.85. The number of carbonyl (C=O) groups is 1. The topological polar surface area (TPSA) is 98.6 Å². The maximum atomic E-state index is 10.2. The average Bonchev–Trinajstić information content (AvgIpc) is 2.30. The summed E-state index contributed by atoms with van der Waals surface area (Å²) in [5, 5.41) is 8.35. The third kappa shape index (κ3) is 17.3. The molecule has 0 unspecified atom stereocenters. The largest absolute Gasteiger partial charge is 0.502 e. The lowest BCUT2D eigenvalue weighted by Gasteiger charge is -1.97. The molecular weight excluding hydrogens is 220 g/mol. The lowest BCUT2D eigenvalue weighted by atomic mass is 10.1. The Hall–Kier alpha value is -1.33. The van der Waals surface area contributed by atoms with Crippen molar-refractivity contribution in [2.24, 2.45) is 11.5 Å². The fourth-order valence-electron chi connectivity index (χ4n) is 0.840. The highest BCUT2D eigenvalue weighted by Gasteiger charge is 2.01. The van der Waals surface area contributed by atoms with Gasteiger partial charge in [0.1, 0.15) is 0 Å². The van der Waals surface area contributed by atoms with E-state index in [1.54, 1.807) is 0 Å². The number of hydrogen-bond acceptors (Lipinski definition) is 4. The summed E-state index contributed by atoms with van der Waals surface area (Å²) in [4.78, 5) is 10.2. The summed E-state index contributed by atoms with van der Waals surface area (Å²) in [7, 11) is 0. The van der Waals surface area contributed by atoms with Crippen molar-refractivity contribution < 1.29 is 14.6 Å². The molecule has 0 bridgehead atoms. The molecule has 0 fully saturated rings. The Bertz CT molecular complexity index is 218. The zero-order chi connectivity index (χ0) is 13.5. The van der Waals surface area contributed by atoms with Gasteiger partial charge in [-0.25, -0.2) is 4.79 Å². The summed E-state index contributed by atoms with van der Waals surface area (Å²) in [5.41, 5.74) is 10.6. The highest BCUT2D eigenvalue weighted by Crippen LogP contribution is 2.03.